The zero-order valence-corrected chi connectivity index (χ0v) is 18.9. The number of nitrogens with zero attached hydrogens (tertiary/aromatic N) is 2. The Bertz CT molecular complexity index is 1470. The van der Waals surface area contributed by atoms with Gasteiger partial charge in [0.05, 0.1) is 10.9 Å². The maximum absolute atomic E-state index is 11.9. The van der Waals surface area contributed by atoms with Crippen molar-refractivity contribution in [2.45, 2.75) is 4.90 Å². The summed E-state index contributed by atoms with van der Waals surface area (Å²) >= 11 is 0. The Morgan fingerprint density at radius 2 is 1.48 bits per heavy atom. The first-order chi connectivity index (χ1) is 14.3. The van der Waals surface area contributed by atoms with Gasteiger partial charge in [-0.1, -0.05) is 54.6 Å². The molecule has 0 aliphatic rings. The molecule has 0 amide bonds. The van der Waals surface area contributed by atoms with E-state index in [0.717, 1.165) is 0 Å². The van der Waals surface area contributed by atoms with Crippen molar-refractivity contribution in [1.29, 1.82) is 0 Å². The van der Waals surface area contributed by atoms with Gasteiger partial charge in [-0.15, -0.1) is 10.2 Å². The first-order valence-electron chi connectivity index (χ1n) is 8.63. The Kier molecular flexibility index (Phi) is 6.63. The van der Waals surface area contributed by atoms with E-state index in [2.05, 4.69) is 10.2 Å². The number of carbonyl (C=O) groups excluding carboxylic acids is 1. The second-order valence-electron chi connectivity index (χ2n) is 6.42. The Hall–Kier alpha value is -2.56. The third kappa shape index (κ3) is 4.41. The number of aromatic hydroxyl groups is 1. The Morgan fingerprint density at radius 1 is 0.871 bits per heavy atom. The molecule has 1 N–H and O–H groups in total. The number of hydrogen-bond donors (Lipinski definition) is 1. The first-order valence-corrected chi connectivity index (χ1v) is 10.0. The number of hydrogen-bond acceptors (Lipinski definition) is 8. The van der Waals surface area contributed by atoms with E-state index in [1.807, 2.05) is 0 Å². The second-order valence-corrected chi connectivity index (χ2v) is 7.74. The van der Waals surface area contributed by atoms with Crippen molar-refractivity contribution in [2.24, 2.45) is 10.2 Å². The van der Waals surface area contributed by atoms with E-state index in [1.54, 1.807) is 48.5 Å². The minimum absolute atomic E-state index is 0. The molecule has 0 fully saturated rings. The Morgan fingerprint density at radius 3 is 2.13 bits per heavy atom. The fraction of sp³-hybridized carbons (Fsp3) is 0. The summed E-state index contributed by atoms with van der Waals surface area (Å²) in [6.45, 7) is 0. The molecule has 8 nitrogen and oxygen atoms in total. The van der Waals surface area contributed by atoms with E-state index in [0.29, 0.717) is 16.2 Å². The molecule has 0 radical (unpaired) electrons. The standard InChI is InChI=1S/C21H14N2O6S.Ca/c24-19-16(21(25)26)11-13-6-2-3-7-14(13)18(19)23-22-17-10-9-12-5-1-4-8-15(12)20(17)30(27,28)29;/h1-11,24H,(H,25,26)(H,27,28,29);/q;+2/p-2. The second kappa shape index (κ2) is 8.89. The third-order valence-electron chi connectivity index (χ3n) is 4.58. The fourth-order valence-electron chi connectivity index (χ4n) is 3.25. The number of fused-ring (bicyclic) bond motifs is 2. The molecule has 0 aromatic heterocycles. The minimum Gasteiger partial charge on any atom is -0.744 e. The van der Waals surface area contributed by atoms with Crippen molar-refractivity contribution in [2.75, 3.05) is 0 Å². The molecule has 0 unspecified atom stereocenters. The van der Waals surface area contributed by atoms with Crippen LogP contribution in [0.5, 0.6) is 5.75 Å². The summed E-state index contributed by atoms with van der Waals surface area (Å²) in [4.78, 5) is 10.8. The zero-order valence-electron chi connectivity index (χ0n) is 15.8. The average molecular weight is 460 g/mol. The summed E-state index contributed by atoms with van der Waals surface area (Å²) in [6.07, 6.45) is 0. The summed E-state index contributed by atoms with van der Waals surface area (Å²) < 4.78 is 35.7. The van der Waals surface area contributed by atoms with Gasteiger partial charge in [-0.05, 0) is 22.9 Å². The molecule has 0 aliphatic carbocycles. The van der Waals surface area contributed by atoms with Crippen LogP contribution in [-0.4, -0.2) is 61.8 Å². The van der Waals surface area contributed by atoms with Crippen LogP contribution in [0.4, 0.5) is 11.4 Å². The normalized spacial score (nSPS) is 11.6. The van der Waals surface area contributed by atoms with E-state index >= 15 is 0 Å². The van der Waals surface area contributed by atoms with Crippen LogP contribution in [0.1, 0.15) is 10.4 Å². The average Bonchev–Trinajstić information content (AvgIpc) is 2.71. The van der Waals surface area contributed by atoms with Crippen LogP contribution in [0.25, 0.3) is 21.5 Å². The van der Waals surface area contributed by atoms with Crippen LogP contribution in [0.3, 0.4) is 0 Å². The monoisotopic (exact) mass is 460 g/mol. The number of benzene rings is 4. The summed E-state index contributed by atoms with van der Waals surface area (Å²) in [6, 6.07) is 17.1. The molecule has 10 heteroatoms. The molecule has 0 aliphatic heterocycles. The van der Waals surface area contributed by atoms with Gasteiger partial charge in [0.1, 0.15) is 21.5 Å². The van der Waals surface area contributed by atoms with Crippen LogP contribution in [0.15, 0.2) is 81.9 Å². The van der Waals surface area contributed by atoms with Gasteiger partial charge in [-0.25, -0.2) is 8.42 Å². The molecule has 150 valence electrons. The van der Waals surface area contributed by atoms with Gasteiger partial charge in [-0.3, -0.25) is 0 Å². The Balaban J connectivity index is 0.00000272. The van der Waals surface area contributed by atoms with Crippen molar-refractivity contribution >= 4 is 86.7 Å². The van der Waals surface area contributed by atoms with Gasteiger partial charge in [-0.2, -0.15) is 0 Å². The summed E-state index contributed by atoms with van der Waals surface area (Å²) in [5.74, 6) is -2.28. The molecule has 4 aromatic carbocycles. The van der Waals surface area contributed by atoms with Crippen LogP contribution in [0, 0.1) is 0 Å². The maximum atomic E-state index is 11.9. The van der Waals surface area contributed by atoms with Crippen LogP contribution in [-0.2, 0) is 10.1 Å². The van der Waals surface area contributed by atoms with Crippen LogP contribution < -0.4 is 5.11 Å². The molecule has 0 bridgehead atoms. The molecule has 0 spiro atoms. The van der Waals surface area contributed by atoms with Crippen molar-refractivity contribution < 1.29 is 28.0 Å². The number of azo groups is 1. The van der Waals surface area contributed by atoms with Gasteiger partial charge < -0.3 is 19.6 Å². The smallest absolute Gasteiger partial charge is 0.744 e. The van der Waals surface area contributed by atoms with E-state index < -0.39 is 32.3 Å². The predicted molar refractivity (Wildman–Crippen MR) is 112 cm³/mol. The summed E-state index contributed by atoms with van der Waals surface area (Å²) in [7, 11) is -4.91. The van der Waals surface area contributed by atoms with E-state index in [1.165, 1.54) is 18.2 Å². The number of carboxylic acids is 1. The quantitative estimate of drug-likeness (QED) is 0.282. The topological polar surface area (TPSA) is 142 Å². The molecule has 4 aromatic rings. The molecule has 31 heavy (non-hydrogen) atoms. The van der Waals surface area contributed by atoms with E-state index in [-0.39, 0.29) is 54.5 Å². The third-order valence-corrected chi connectivity index (χ3v) is 5.51. The number of aromatic carboxylic acids is 1. The van der Waals surface area contributed by atoms with Gasteiger partial charge in [0.2, 0.25) is 0 Å². The molecule has 0 heterocycles. The molecule has 0 atom stereocenters. The number of rotatable bonds is 4. The summed E-state index contributed by atoms with van der Waals surface area (Å²) in [5.41, 5.74) is -0.904. The number of phenols is 1. The fourth-order valence-corrected chi connectivity index (χ4v) is 4.07. The van der Waals surface area contributed by atoms with Gasteiger partial charge in [0, 0.05) is 16.3 Å². The van der Waals surface area contributed by atoms with Crippen molar-refractivity contribution in [3.63, 3.8) is 0 Å². The van der Waals surface area contributed by atoms with Crippen molar-refractivity contribution in [3.05, 3.63) is 72.3 Å². The van der Waals surface area contributed by atoms with Gasteiger partial charge >= 0.3 is 37.7 Å². The Labute approximate surface area is 206 Å². The van der Waals surface area contributed by atoms with E-state index in [9.17, 15) is 28.0 Å². The predicted octanol–water partition coefficient (Wildman–Crippen LogP) is 3.00. The maximum Gasteiger partial charge on any atom is 2.00 e. The summed E-state index contributed by atoms with van der Waals surface area (Å²) in [5, 5.41) is 31.1. The molecule has 4 rings (SSSR count). The zero-order chi connectivity index (χ0) is 21.5. The molecule has 0 saturated carbocycles. The van der Waals surface area contributed by atoms with Crippen LogP contribution in [0.2, 0.25) is 0 Å². The SMILES string of the molecule is O=C([O-])c1cc2ccccc2c(N=Nc2ccc3ccccc3c2S(=O)(=O)[O-])c1O.[Ca+2]. The van der Waals surface area contributed by atoms with Crippen LogP contribution >= 0.6 is 0 Å². The number of carboxylic acid groups (broad SMARTS) is 1. The molecular formula is C21H12CaN2O6S. The minimum atomic E-state index is -4.91. The molecule has 0 saturated heterocycles. The number of carbonyl (C=O) groups is 1. The van der Waals surface area contributed by atoms with Gasteiger partial charge in [0.25, 0.3) is 0 Å². The van der Waals surface area contributed by atoms with Gasteiger partial charge in [0.15, 0.2) is 5.75 Å². The first kappa shape index (κ1) is 23.1. The van der Waals surface area contributed by atoms with E-state index in [4.69, 9.17) is 0 Å². The molecular weight excluding hydrogens is 448 g/mol. The van der Waals surface area contributed by atoms with Crippen molar-refractivity contribution in [3.8, 4) is 5.75 Å². The largest absolute Gasteiger partial charge is 2.00 e. The van der Waals surface area contributed by atoms with Crippen molar-refractivity contribution in [1.82, 2.24) is 0 Å².